The Morgan fingerprint density at radius 1 is 1.10 bits per heavy atom. The fraction of sp³-hybridized carbons (Fsp3) is 0.0625. The molecule has 0 aliphatic carbocycles. The Balaban J connectivity index is 1.77. The lowest BCUT2D eigenvalue weighted by molar-refractivity contribution is 0.102. The topological polar surface area (TPSA) is 70.7 Å². The van der Waals surface area contributed by atoms with E-state index in [4.69, 9.17) is 0 Å². The summed E-state index contributed by atoms with van der Waals surface area (Å²) in [4.78, 5) is 16.3. The maximum atomic E-state index is 12.2. The summed E-state index contributed by atoms with van der Waals surface area (Å²) in [5.74, 6) is -0.206. The fourth-order valence-electron chi connectivity index (χ4n) is 2.06. The second kappa shape index (κ2) is 5.58. The molecule has 0 aliphatic rings. The van der Waals surface area contributed by atoms with Crippen molar-refractivity contribution < 1.29 is 4.79 Å². The van der Waals surface area contributed by atoms with Gasteiger partial charge in [-0.05, 0) is 42.3 Å². The molecule has 3 aromatic rings. The van der Waals surface area contributed by atoms with Gasteiger partial charge in [0.25, 0.3) is 5.91 Å². The van der Waals surface area contributed by atoms with E-state index in [0.717, 1.165) is 22.5 Å². The van der Waals surface area contributed by atoms with Crippen LogP contribution in [0.25, 0.3) is 11.3 Å². The smallest absolute Gasteiger partial charge is 0.274 e. The maximum Gasteiger partial charge on any atom is 0.274 e. The molecule has 2 N–H and O–H groups in total. The molecule has 3 rings (SSSR count). The molecule has 0 atom stereocenters. The zero-order valence-corrected chi connectivity index (χ0v) is 11.5. The Hall–Kier alpha value is -2.95. The molecular formula is C16H14N4O. The van der Waals surface area contributed by atoms with E-state index in [-0.39, 0.29) is 5.91 Å². The van der Waals surface area contributed by atoms with Crippen LogP contribution < -0.4 is 5.32 Å². The number of anilines is 1. The van der Waals surface area contributed by atoms with Gasteiger partial charge in [-0.25, -0.2) is 0 Å². The van der Waals surface area contributed by atoms with Crippen LogP contribution >= 0.6 is 0 Å². The average Bonchev–Trinajstić information content (AvgIpc) is 3.02. The van der Waals surface area contributed by atoms with Gasteiger partial charge >= 0.3 is 0 Å². The van der Waals surface area contributed by atoms with Gasteiger partial charge in [0.2, 0.25) is 0 Å². The van der Waals surface area contributed by atoms with E-state index in [1.807, 2.05) is 49.4 Å². The Labute approximate surface area is 122 Å². The number of amides is 1. The highest BCUT2D eigenvalue weighted by molar-refractivity contribution is 6.03. The molecule has 2 aromatic heterocycles. The lowest BCUT2D eigenvalue weighted by atomic mass is 10.1. The molecule has 2 heterocycles. The predicted octanol–water partition coefficient (Wildman–Crippen LogP) is 3.03. The number of benzene rings is 1. The van der Waals surface area contributed by atoms with Crippen LogP contribution in [0.15, 0.2) is 54.9 Å². The Kier molecular flexibility index (Phi) is 3.47. The van der Waals surface area contributed by atoms with Gasteiger partial charge in [-0.15, -0.1) is 0 Å². The van der Waals surface area contributed by atoms with Crippen LogP contribution in [0.3, 0.4) is 0 Å². The molecule has 104 valence electrons. The van der Waals surface area contributed by atoms with Crippen molar-refractivity contribution in [3.8, 4) is 11.3 Å². The molecular weight excluding hydrogens is 264 g/mol. The number of aromatic nitrogens is 3. The molecule has 0 aliphatic heterocycles. The lowest BCUT2D eigenvalue weighted by Crippen LogP contribution is -2.14. The van der Waals surface area contributed by atoms with Gasteiger partial charge in [0.05, 0.1) is 5.69 Å². The molecule has 5 heteroatoms. The first-order valence-corrected chi connectivity index (χ1v) is 6.57. The van der Waals surface area contributed by atoms with Gasteiger partial charge in [-0.2, -0.15) is 5.10 Å². The molecule has 0 saturated heterocycles. The SMILES string of the molecule is Cc1cccnc1C(=O)Nc1ccc(-c2ccn[nH]2)cc1. The highest BCUT2D eigenvalue weighted by Crippen LogP contribution is 2.19. The number of hydrogen-bond donors (Lipinski definition) is 2. The number of H-pyrrole nitrogens is 1. The quantitative estimate of drug-likeness (QED) is 0.773. The zero-order chi connectivity index (χ0) is 14.7. The lowest BCUT2D eigenvalue weighted by Gasteiger charge is -2.07. The van der Waals surface area contributed by atoms with Crippen LogP contribution in [0, 0.1) is 6.92 Å². The average molecular weight is 278 g/mol. The minimum atomic E-state index is -0.206. The van der Waals surface area contributed by atoms with Gasteiger partial charge in [0.1, 0.15) is 5.69 Å². The molecule has 5 nitrogen and oxygen atoms in total. The van der Waals surface area contributed by atoms with Crippen LogP contribution in [0.1, 0.15) is 16.1 Å². The van der Waals surface area contributed by atoms with Crippen molar-refractivity contribution in [2.24, 2.45) is 0 Å². The Morgan fingerprint density at radius 3 is 2.57 bits per heavy atom. The third kappa shape index (κ3) is 2.81. The molecule has 0 fully saturated rings. The number of carbonyl (C=O) groups is 1. The van der Waals surface area contributed by atoms with Crippen LogP contribution in [0.5, 0.6) is 0 Å². The van der Waals surface area contributed by atoms with Gasteiger partial charge in [-0.1, -0.05) is 18.2 Å². The standard InChI is InChI=1S/C16H14N4O/c1-11-3-2-9-17-15(11)16(21)19-13-6-4-12(5-7-13)14-8-10-18-20-14/h2-10H,1H3,(H,18,20)(H,19,21). The van der Waals surface area contributed by atoms with E-state index in [1.54, 1.807) is 12.4 Å². The van der Waals surface area contributed by atoms with Crippen LogP contribution in [-0.4, -0.2) is 21.1 Å². The van der Waals surface area contributed by atoms with Crippen LogP contribution in [0.4, 0.5) is 5.69 Å². The predicted molar refractivity (Wildman–Crippen MR) is 81.0 cm³/mol. The van der Waals surface area contributed by atoms with Crippen molar-refractivity contribution in [1.82, 2.24) is 15.2 Å². The van der Waals surface area contributed by atoms with Crippen molar-refractivity contribution in [2.75, 3.05) is 5.32 Å². The number of nitrogens with zero attached hydrogens (tertiary/aromatic N) is 2. The molecule has 0 spiro atoms. The van der Waals surface area contributed by atoms with Gasteiger partial charge in [-0.3, -0.25) is 14.9 Å². The van der Waals surface area contributed by atoms with Gasteiger partial charge in [0, 0.05) is 18.1 Å². The number of hydrogen-bond acceptors (Lipinski definition) is 3. The molecule has 1 aromatic carbocycles. The monoisotopic (exact) mass is 278 g/mol. The minimum Gasteiger partial charge on any atom is -0.321 e. The summed E-state index contributed by atoms with van der Waals surface area (Å²) in [5, 5.41) is 9.66. The number of aromatic amines is 1. The van der Waals surface area contributed by atoms with E-state index >= 15 is 0 Å². The van der Waals surface area contributed by atoms with Gasteiger partial charge < -0.3 is 5.32 Å². The van der Waals surface area contributed by atoms with E-state index in [0.29, 0.717) is 5.69 Å². The Bertz CT molecular complexity index is 748. The number of nitrogens with one attached hydrogen (secondary N) is 2. The molecule has 0 saturated carbocycles. The van der Waals surface area contributed by atoms with E-state index in [9.17, 15) is 4.79 Å². The van der Waals surface area contributed by atoms with E-state index in [1.165, 1.54) is 0 Å². The largest absolute Gasteiger partial charge is 0.321 e. The van der Waals surface area contributed by atoms with Gasteiger partial charge in [0.15, 0.2) is 0 Å². The van der Waals surface area contributed by atoms with E-state index in [2.05, 4.69) is 20.5 Å². The number of rotatable bonds is 3. The summed E-state index contributed by atoms with van der Waals surface area (Å²) in [7, 11) is 0. The number of pyridine rings is 1. The second-order valence-corrected chi connectivity index (χ2v) is 4.67. The first-order valence-electron chi connectivity index (χ1n) is 6.57. The summed E-state index contributed by atoms with van der Waals surface area (Å²) >= 11 is 0. The minimum absolute atomic E-state index is 0.206. The molecule has 21 heavy (non-hydrogen) atoms. The summed E-state index contributed by atoms with van der Waals surface area (Å²) in [6, 6.07) is 13.1. The second-order valence-electron chi connectivity index (χ2n) is 4.67. The van der Waals surface area contributed by atoms with Crippen molar-refractivity contribution in [2.45, 2.75) is 6.92 Å². The molecule has 0 radical (unpaired) electrons. The highest BCUT2D eigenvalue weighted by Gasteiger charge is 2.10. The molecule has 1 amide bonds. The number of carbonyl (C=O) groups excluding carboxylic acids is 1. The normalized spacial score (nSPS) is 10.3. The first-order chi connectivity index (χ1) is 10.2. The van der Waals surface area contributed by atoms with Crippen molar-refractivity contribution in [3.63, 3.8) is 0 Å². The maximum absolute atomic E-state index is 12.2. The van der Waals surface area contributed by atoms with Crippen LogP contribution in [0.2, 0.25) is 0 Å². The Morgan fingerprint density at radius 2 is 1.90 bits per heavy atom. The zero-order valence-electron chi connectivity index (χ0n) is 11.5. The highest BCUT2D eigenvalue weighted by atomic mass is 16.1. The summed E-state index contributed by atoms with van der Waals surface area (Å²) in [6.45, 7) is 1.86. The third-order valence-electron chi connectivity index (χ3n) is 3.18. The third-order valence-corrected chi connectivity index (χ3v) is 3.18. The molecule has 0 bridgehead atoms. The fourth-order valence-corrected chi connectivity index (χ4v) is 2.06. The summed E-state index contributed by atoms with van der Waals surface area (Å²) < 4.78 is 0. The van der Waals surface area contributed by atoms with Crippen molar-refractivity contribution in [3.05, 3.63) is 66.1 Å². The van der Waals surface area contributed by atoms with Crippen molar-refractivity contribution >= 4 is 11.6 Å². The summed E-state index contributed by atoms with van der Waals surface area (Å²) in [6.07, 6.45) is 3.32. The van der Waals surface area contributed by atoms with E-state index < -0.39 is 0 Å². The molecule has 0 unspecified atom stereocenters. The number of aryl methyl sites for hydroxylation is 1. The first kappa shape index (κ1) is 13.1. The summed E-state index contributed by atoms with van der Waals surface area (Å²) in [5.41, 5.74) is 3.97. The van der Waals surface area contributed by atoms with Crippen LogP contribution in [-0.2, 0) is 0 Å². The van der Waals surface area contributed by atoms with Crippen molar-refractivity contribution in [1.29, 1.82) is 0 Å².